The lowest BCUT2D eigenvalue weighted by molar-refractivity contribution is -0.229. The number of hydrogen-bond donors (Lipinski definition) is 3. The van der Waals surface area contributed by atoms with Gasteiger partial charge in [-0.15, -0.1) is 0 Å². The molecule has 0 heterocycles. The number of aliphatic hydroxyl groups excluding tert-OH is 1. The summed E-state index contributed by atoms with van der Waals surface area (Å²) in [5.74, 6) is -4.42. The Labute approximate surface area is 172 Å². The molecule has 0 unspecified atom stereocenters. The summed E-state index contributed by atoms with van der Waals surface area (Å²) in [5, 5.41) is 31.6. The number of aliphatic hydroxyl groups is 2. The van der Waals surface area contributed by atoms with Crippen molar-refractivity contribution < 1.29 is 33.7 Å². The summed E-state index contributed by atoms with van der Waals surface area (Å²) in [5.41, 5.74) is -7.64. The molecule has 0 aromatic rings. The maximum absolute atomic E-state index is 16.9. The minimum absolute atomic E-state index is 0.160. The van der Waals surface area contributed by atoms with Gasteiger partial charge in [0.25, 0.3) is 0 Å². The van der Waals surface area contributed by atoms with Gasteiger partial charge < -0.3 is 15.3 Å². The van der Waals surface area contributed by atoms with Crippen molar-refractivity contribution >= 4 is 23.4 Å². The standard InChI is InChI=1S/C21H25ClF2O5/c1-9-6-10-11-7-12(23)15-16(22)13(25)4-5-18(15,2)20(11,24)14(26)8-19(10,3)21(9,29)17(27)28/h4-5,9-12,14,26,29H,6-8H2,1-3H3,(H,27,28)/t9-,10+,11+,12+,14+,18+,19+,20+,21+/m1/s1. The Morgan fingerprint density at radius 3 is 2.48 bits per heavy atom. The summed E-state index contributed by atoms with van der Waals surface area (Å²) >= 11 is 6.09. The van der Waals surface area contributed by atoms with E-state index in [0.717, 1.165) is 6.08 Å². The molecular formula is C21H25ClF2O5. The second kappa shape index (κ2) is 5.89. The van der Waals surface area contributed by atoms with Crippen molar-refractivity contribution in [2.45, 2.75) is 63.6 Å². The van der Waals surface area contributed by atoms with Crippen LogP contribution < -0.4 is 0 Å². The zero-order valence-corrected chi connectivity index (χ0v) is 17.2. The van der Waals surface area contributed by atoms with Crippen LogP contribution in [-0.2, 0) is 9.59 Å². The molecule has 0 aromatic carbocycles. The normalized spacial score (nSPS) is 54.1. The van der Waals surface area contributed by atoms with Crippen LogP contribution in [0.15, 0.2) is 22.8 Å². The van der Waals surface area contributed by atoms with Crippen LogP contribution in [0.25, 0.3) is 0 Å². The van der Waals surface area contributed by atoms with Gasteiger partial charge in [0, 0.05) is 16.7 Å². The first-order valence-electron chi connectivity index (χ1n) is 9.87. The van der Waals surface area contributed by atoms with E-state index < -0.39 is 63.9 Å². The first-order chi connectivity index (χ1) is 13.3. The first kappa shape index (κ1) is 20.9. The number of hydrogen-bond acceptors (Lipinski definition) is 4. The summed E-state index contributed by atoms with van der Waals surface area (Å²) < 4.78 is 32.2. The largest absolute Gasteiger partial charge is 0.479 e. The molecule has 4 rings (SSSR count). The van der Waals surface area contributed by atoms with Crippen LogP contribution in [0.3, 0.4) is 0 Å². The van der Waals surface area contributed by atoms with Crippen LogP contribution in [0.1, 0.15) is 40.0 Å². The highest BCUT2D eigenvalue weighted by atomic mass is 35.5. The molecule has 3 N–H and O–H groups in total. The number of fused-ring (bicyclic) bond motifs is 5. The van der Waals surface area contributed by atoms with Gasteiger partial charge in [-0.2, -0.15) is 0 Å². The molecule has 8 heteroatoms. The van der Waals surface area contributed by atoms with Crippen molar-refractivity contribution in [1.29, 1.82) is 0 Å². The molecule has 160 valence electrons. The number of carboxylic acids is 1. The number of aliphatic carboxylic acids is 1. The van der Waals surface area contributed by atoms with Crippen LogP contribution in [-0.4, -0.2) is 50.6 Å². The number of halogens is 3. The van der Waals surface area contributed by atoms with E-state index in [4.69, 9.17) is 11.6 Å². The lowest BCUT2D eigenvalue weighted by Gasteiger charge is -2.62. The average molecular weight is 431 g/mol. The molecule has 0 radical (unpaired) electrons. The fourth-order valence-corrected chi connectivity index (χ4v) is 7.47. The maximum atomic E-state index is 16.9. The Morgan fingerprint density at radius 1 is 1.28 bits per heavy atom. The van der Waals surface area contributed by atoms with E-state index >= 15 is 8.78 Å². The van der Waals surface area contributed by atoms with Gasteiger partial charge in [-0.25, -0.2) is 13.6 Å². The van der Waals surface area contributed by atoms with Gasteiger partial charge >= 0.3 is 5.97 Å². The first-order valence-corrected chi connectivity index (χ1v) is 10.2. The van der Waals surface area contributed by atoms with Crippen molar-refractivity contribution in [3.8, 4) is 0 Å². The maximum Gasteiger partial charge on any atom is 0.336 e. The Bertz CT molecular complexity index is 873. The van der Waals surface area contributed by atoms with Crippen LogP contribution in [0.4, 0.5) is 8.78 Å². The fourth-order valence-electron chi connectivity index (χ4n) is 7.09. The lowest BCUT2D eigenvalue weighted by Crippen LogP contribution is -2.70. The highest BCUT2D eigenvalue weighted by molar-refractivity contribution is 6.45. The predicted octanol–water partition coefficient (Wildman–Crippen LogP) is 2.93. The molecule has 4 aliphatic carbocycles. The minimum Gasteiger partial charge on any atom is -0.479 e. The van der Waals surface area contributed by atoms with Crippen molar-refractivity contribution in [2.75, 3.05) is 0 Å². The Hall–Kier alpha value is -1.31. The van der Waals surface area contributed by atoms with Gasteiger partial charge in [-0.05, 0) is 49.7 Å². The summed E-state index contributed by atoms with van der Waals surface area (Å²) in [4.78, 5) is 24.0. The molecule has 3 fully saturated rings. The monoisotopic (exact) mass is 430 g/mol. The van der Waals surface area contributed by atoms with Gasteiger partial charge in [0.05, 0.1) is 11.1 Å². The summed E-state index contributed by atoms with van der Waals surface area (Å²) in [6, 6.07) is 0. The molecule has 5 nitrogen and oxygen atoms in total. The van der Waals surface area contributed by atoms with E-state index in [1.807, 2.05) is 0 Å². The predicted molar refractivity (Wildman–Crippen MR) is 101 cm³/mol. The van der Waals surface area contributed by atoms with Crippen LogP contribution in [0.2, 0.25) is 0 Å². The molecule has 0 aliphatic heterocycles. The third kappa shape index (κ3) is 2.12. The average Bonchev–Trinajstić information content (AvgIpc) is 2.83. The van der Waals surface area contributed by atoms with E-state index in [0.29, 0.717) is 0 Å². The minimum atomic E-state index is -2.35. The van der Waals surface area contributed by atoms with Gasteiger partial charge in [0.15, 0.2) is 17.1 Å². The Balaban J connectivity index is 1.91. The Morgan fingerprint density at radius 2 is 1.90 bits per heavy atom. The number of carbonyl (C=O) groups is 2. The highest BCUT2D eigenvalue weighted by Crippen LogP contribution is 2.71. The zero-order valence-electron chi connectivity index (χ0n) is 16.5. The van der Waals surface area contributed by atoms with Crippen molar-refractivity contribution in [3.63, 3.8) is 0 Å². The number of rotatable bonds is 1. The van der Waals surface area contributed by atoms with Gasteiger partial charge in [-0.1, -0.05) is 31.5 Å². The number of carbonyl (C=O) groups excluding carboxylic acids is 1. The number of allylic oxidation sites excluding steroid dienone is 4. The van der Waals surface area contributed by atoms with E-state index in [1.165, 1.54) is 13.0 Å². The van der Waals surface area contributed by atoms with E-state index in [-0.39, 0.29) is 29.9 Å². The summed E-state index contributed by atoms with van der Waals surface area (Å²) in [6.45, 7) is 4.56. The second-order valence-corrected chi connectivity index (χ2v) is 10.0. The quantitative estimate of drug-likeness (QED) is 0.594. The van der Waals surface area contributed by atoms with Crippen LogP contribution in [0.5, 0.6) is 0 Å². The molecule has 29 heavy (non-hydrogen) atoms. The van der Waals surface area contributed by atoms with Gasteiger partial charge in [0.2, 0.25) is 0 Å². The zero-order chi connectivity index (χ0) is 21.7. The van der Waals surface area contributed by atoms with Crippen molar-refractivity contribution in [3.05, 3.63) is 22.8 Å². The fraction of sp³-hybridized carbons (Fsp3) is 0.714. The van der Waals surface area contributed by atoms with Crippen molar-refractivity contribution in [2.24, 2.45) is 28.6 Å². The molecule has 0 bridgehead atoms. The van der Waals surface area contributed by atoms with Gasteiger partial charge in [-0.3, -0.25) is 4.79 Å². The molecule has 9 atom stereocenters. The molecule has 0 aromatic heterocycles. The van der Waals surface area contributed by atoms with Crippen LogP contribution >= 0.6 is 11.6 Å². The lowest BCUT2D eigenvalue weighted by atomic mass is 9.44. The third-order valence-electron chi connectivity index (χ3n) is 8.61. The van der Waals surface area contributed by atoms with Crippen LogP contribution in [0, 0.1) is 28.6 Å². The smallest absolute Gasteiger partial charge is 0.336 e. The molecule has 0 amide bonds. The second-order valence-electron chi connectivity index (χ2n) is 9.66. The Kier molecular flexibility index (Phi) is 4.25. The highest BCUT2D eigenvalue weighted by Gasteiger charge is 2.77. The number of alkyl halides is 2. The third-order valence-corrected chi connectivity index (χ3v) is 9.00. The molecular weight excluding hydrogens is 406 g/mol. The van der Waals surface area contributed by atoms with E-state index in [1.54, 1.807) is 13.8 Å². The SMILES string of the molecule is C[C@@H]1C[C@H]2[C@@H]3C[C@H](F)C4=C(Cl)C(=O)C=C[C@]4(C)[C@@]3(F)[C@@H](O)C[C@]2(C)[C@@]1(O)C(=O)O. The molecule has 0 spiro atoms. The van der Waals surface area contributed by atoms with E-state index in [9.17, 15) is 24.9 Å². The number of carboxylic acid groups (broad SMARTS) is 1. The molecule has 3 saturated carbocycles. The summed E-state index contributed by atoms with van der Waals surface area (Å²) in [7, 11) is 0. The molecule has 4 aliphatic rings. The van der Waals surface area contributed by atoms with Crippen molar-refractivity contribution in [1.82, 2.24) is 0 Å². The topological polar surface area (TPSA) is 94.8 Å². The molecule has 0 saturated heterocycles. The number of ketones is 1. The van der Waals surface area contributed by atoms with Gasteiger partial charge in [0.1, 0.15) is 6.17 Å². The van der Waals surface area contributed by atoms with E-state index in [2.05, 4.69) is 0 Å². The summed E-state index contributed by atoms with van der Waals surface area (Å²) in [6.07, 6.45) is -1.43.